The summed E-state index contributed by atoms with van der Waals surface area (Å²) < 4.78 is 5.47. The maximum atomic E-state index is 12.1. The summed E-state index contributed by atoms with van der Waals surface area (Å²) in [5.41, 5.74) is 0.176. The molecule has 0 atom stereocenters. The summed E-state index contributed by atoms with van der Waals surface area (Å²) in [6.07, 6.45) is 0. The van der Waals surface area contributed by atoms with Crippen molar-refractivity contribution < 1.29 is 24.8 Å². The number of aryl methyl sites for hydroxylation is 1. The minimum Gasteiger partial charge on any atom is -0.508 e. The van der Waals surface area contributed by atoms with Gasteiger partial charge in [0, 0.05) is 12.1 Å². The molecule has 0 amide bonds. The van der Waals surface area contributed by atoms with E-state index in [9.17, 15) is 25.2 Å². The number of phenolic OH excluding ortho intramolecular Hbond substituents is 4. The van der Waals surface area contributed by atoms with Crippen LogP contribution in [0.4, 0.5) is 0 Å². The summed E-state index contributed by atoms with van der Waals surface area (Å²) in [5.74, 6) is -1.43. The summed E-state index contributed by atoms with van der Waals surface area (Å²) in [4.78, 5) is 12.1. The topological polar surface area (TPSA) is 111 Å². The third kappa shape index (κ3) is 2.10. The quantitative estimate of drug-likeness (QED) is 0.514. The van der Waals surface area contributed by atoms with Crippen LogP contribution < -0.4 is 5.43 Å². The lowest BCUT2D eigenvalue weighted by Gasteiger charge is -2.09. The minimum atomic E-state index is -0.497. The van der Waals surface area contributed by atoms with Gasteiger partial charge >= 0.3 is 0 Å². The van der Waals surface area contributed by atoms with E-state index in [1.807, 2.05) is 0 Å². The molecule has 1 heterocycles. The number of hydrogen-bond donors (Lipinski definition) is 4. The van der Waals surface area contributed by atoms with Gasteiger partial charge in [0.25, 0.3) is 0 Å². The van der Waals surface area contributed by atoms with Gasteiger partial charge in [0.05, 0.1) is 10.9 Å². The highest BCUT2D eigenvalue weighted by molar-refractivity contribution is 5.86. The standard InChI is InChI=1S/C16H12O6/c1-7-2-10(15(21)12(19)3-7)14-6-11(18)9-4-8(17)5-13(20)16(9)22-14/h2-6,17,19-21H,1H3. The molecule has 0 fully saturated rings. The van der Waals surface area contributed by atoms with Crippen LogP contribution in [0.15, 0.2) is 39.5 Å². The van der Waals surface area contributed by atoms with Crippen LogP contribution in [0.3, 0.4) is 0 Å². The molecule has 0 aliphatic heterocycles. The molecular weight excluding hydrogens is 288 g/mol. The van der Waals surface area contributed by atoms with Gasteiger partial charge in [0.1, 0.15) is 11.5 Å². The summed E-state index contributed by atoms with van der Waals surface area (Å²) in [7, 11) is 0. The lowest BCUT2D eigenvalue weighted by molar-refractivity contribution is 0.403. The summed E-state index contributed by atoms with van der Waals surface area (Å²) in [6, 6.07) is 6.25. The van der Waals surface area contributed by atoms with Crippen molar-refractivity contribution in [3.05, 3.63) is 46.1 Å². The summed E-state index contributed by atoms with van der Waals surface area (Å²) in [6.45, 7) is 1.71. The molecule has 3 aromatic rings. The Hall–Kier alpha value is -3.15. The zero-order valence-electron chi connectivity index (χ0n) is 11.5. The number of hydrogen-bond acceptors (Lipinski definition) is 6. The smallest absolute Gasteiger partial charge is 0.193 e. The number of aromatic hydroxyl groups is 4. The molecule has 0 spiro atoms. The normalized spacial score (nSPS) is 11.0. The van der Waals surface area contributed by atoms with Gasteiger partial charge in [-0.2, -0.15) is 0 Å². The Morgan fingerprint density at radius 3 is 2.36 bits per heavy atom. The minimum absolute atomic E-state index is 0.00464. The van der Waals surface area contributed by atoms with E-state index >= 15 is 0 Å². The van der Waals surface area contributed by atoms with Crippen LogP contribution in [-0.2, 0) is 0 Å². The van der Waals surface area contributed by atoms with E-state index in [-0.39, 0.29) is 33.8 Å². The monoisotopic (exact) mass is 300 g/mol. The zero-order valence-corrected chi connectivity index (χ0v) is 11.5. The lowest BCUT2D eigenvalue weighted by Crippen LogP contribution is -2.00. The molecule has 0 aliphatic rings. The Labute approximate surface area is 124 Å². The third-order valence-electron chi connectivity index (χ3n) is 3.29. The lowest BCUT2D eigenvalue weighted by atomic mass is 10.1. The zero-order chi connectivity index (χ0) is 16.0. The highest BCUT2D eigenvalue weighted by Gasteiger charge is 2.16. The number of phenols is 4. The van der Waals surface area contributed by atoms with Gasteiger partial charge in [0.2, 0.25) is 0 Å². The van der Waals surface area contributed by atoms with Crippen molar-refractivity contribution in [3.63, 3.8) is 0 Å². The van der Waals surface area contributed by atoms with Crippen molar-refractivity contribution >= 4 is 11.0 Å². The predicted octanol–water partition coefficient (Wildman–Crippen LogP) is 2.59. The molecular formula is C16H12O6. The Kier molecular flexibility index (Phi) is 2.95. The van der Waals surface area contributed by atoms with Crippen molar-refractivity contribution in [3.8, 4) is 34.3 Å². The molecule has 6 heteroatoms. The molecule has 0 saturated carbocycles. The Bertz CT molecular complexity index is 955. The van der Waals surface area contributed by atoms with Gasteiger partial charge in [0.15, 0.2) is 28.3 Å². The van der Waals surface area contributed by atoms with Crippen molar-refractivity contribution in [2.75, 3.05) is 0 Å². The number of rotatable bonds is 1. The van der Waals surface area contributed by atoms with E-state index in [1.54, 1.807) is 6.92 Å². The van der Waals surface area contributed by atoms with E-state index in [0.29, 0.717) is 5.56 Å². The predicted molar refractivity (Wildman–Crippen MR) is 79.3 cm³/mol. The highest BCUT2D eigenvalue weighted by atomic mass is 16.4. The van der Waals surface area contributed by atoms with Crippen molar-refractivity contribution in [1.29, 1.82) is 0 Å². The van der Waals surface area contributed by atoms with Crippen LogP contribution in [0.1, 0.15) is 5.56 Å². The first-order chi connectivity index (χ1) is 10.4. The summed E-state index contributed by atoms with van der Waals surface area (Å²) in [5, 5.41) is 38.9. The van der Waals surface area contributed by atoms with Crippen LogP contribution in [0.5, 0.6) is 23.0 Å². The molecule has 0 aliphatic carbocycles. The van der Waals surface area contributed by atoms with Gasteiger partial charge < -0.3 is 24.8 Å². The highest BCUT2D eigenvalue weighted by Crippen LogP contribution is 2.39. The molecule has 2 aromatic carbocycles. The fourth-order valence-corrected chi connectivity index (χ4v) is 2.31. The second kappa shape index (κ2) is 4.70. The van der Waals surface area contributed by atoms with Gasteiger partial charge in [-0.1, -0.05) is 0 Å². The van der Waals surface area contributed by atoms with Crippen LogP contribution in [0, 0.1) is 6.92 Å². The Morgan fingerprint density at radius 2 is 1.64 bits per heavy atom. The van der Waals surface area contributed by atoms with Crippen LogP contribution >= 0.6 is 0 Å². The molecule has 6 nitrogen and oxygen atoms in total. The van der Waals surface area contributed by atoms with Gasteiger partial charge in [-0.15, -0.1) is 0 Å². The number of fused-ring (bicyclic) bond motifs is 1. The van der Waals surface area contributed by atoms with Gasteiger partial charge in [-0.3, -0.25) is 4.79 Å². The van der Waals surface area contributed by atoms with E-state index in [1.165, 1.54) is 18.2 Å². The Balaban J connectivity index is 2.37. The molecule has 0 saturated heterocycles. The van der Waals surface area contributed by atoms with Gasteiger partial charge in [-0.05, 0) is 30.7 Å². The number of benzene rings is 2. The first-order valence-corrected chi connectivity index (χ1v) is 6.39. The average Bonchev–Trinajstić information content (AvgIpc) is 2.43. The second-order valence-electron chi connectivity index (χ2n) is 5.00. The first-order valence-electron chi connectivity index (χ1n) is 6.39. The van der Waals surface area contributed by atoms with Crippen LogP contribution in [0.25, 0.3) is 22.3 Å². The largest absolute Gasteiger partial charge is 0.508 e. The fourth-order valence-electron chi connectivity index (χ4n) is 2.31. The maximum Gasteiger partial charge on any atom is 0.193 e. The van der Waals surface area contributed by atoms with Crippen LogP contribution in [-0.4, -0.2) is 20.4 Å². The van der Waals surface area contributed by atoms with E-state index in [0.717, 1.165) is 12.1 Å². The molecule has 22 heavy (non-hydrogen) atoms. The maximum absolute atomic E-state index is 12.1. The molecule has 112 valence electrons. The second-order valence-corrected chi connectivity index (χ2v) is 5.00. The van der Waals surface area contributed by atoms with Crippen molar-refractivity contribution in [1.82, 2.24) is 0 Å². The van der Waals surface area contributed by atoms with Gasteiger partial charge in [-0.25, -0.2) is 0 Å². The van der Waals surface area contributed by atoms with E-state index < -0.39 is 16.9 Å². The van der Waals surface area contributed by atoms with Crippen molar-refractivity contribution in [2.24, 2.45) is 0 Å². The molecule has 1 aromatic heterocycles. The van der Waals surface area contributed by atoms with Crippen molar-refractivity contribution in [2.45, 2.75) is 6.92 Å². The SMILES string of the molecule is Cc1cc(O)c(O)c(-c2cc(=O)c3cc(O)cc(O)c3o2)c1. The fraction of sp³-hybridized carbons (Fsp3) is 0.0625. The van der Waals surface area contributed by atoms with Crippen LogP contribution in [0.2, 0.25) is 0 Å². The molecule has 3 rings (SSSR count). The molecule has 4 N–H and O–H groups in total. The third-order valence-corrected chi connectivity index (χ3v) is 3.29. The van der Waals surface area contributed by atoms with E-state index in [2.05, 4.69) is 0 Å². The first kappa shape index (κ1) is 13.8. The summed E-state index contributed by atoms with van der Waals surface area (Å²) >= 11 is 0. The average molecular weight is 300 g/mol. The Morgan fingerprint density at radius 1 is 0.909 bits per heavy atom. The van der Waals surface area contributed by atoms with E-state index in [4.69, 9.17) is 4.42 Å². The molecule has 0 bridgehead atoms. The molecule has 0 unspecified atom stereocenters. The molecule has 0 radical (unpaired) electrons.